The lowest BCUT2D eigenvalue weighted by Gasteiger charge is -2.09. The molecule has 0 radical (unpaired) electrons. The fourth-order valence-electron chi connectivity index (χ4n) is 1.36. The Labute approximate surface area is 96.1 Å². The monoisotopic (exact) mass is 219 g/mol. The topological polar surface area (TPSA) is 38.3 Å². The van der Waals surface area contributed by atoms with Crippen LogP contribution in [0.5, 0.6) is 5.75 Å². The van der Waals surface area contributed by atoms with Crippen LogP contribution in [-0.2, 0) is 4.79 Å². The summed E-state index contributed by atoms with van der Waals surface area (Å²) in [5, 5.41) is 2.80. The minimum absolute atomic E-state index is 0.116. The van der Waals surface area contributed by atoms with Gasteiger partial charge in [0.1, 0.15) is 5.75 Å². The van der Waals surface area contributed by atoms with Crippen molar-refractivity contribution < 1.29 is 9.53 Å². The average Bonchev–Trinajstić information content (AvgIpc) is 2.23. The predicted molar refractivity (Wildman–Crippen MR) is 65.8 cm³/mol. The van der Waals surface area contributed by atoms with Crippen LogP contribution in [0.1, 0.15) is 19.4 Å². The molecule has 0 heterocycles. The highest BCUT2D eigenvalue weighted by molar-refractivity contribution is 5.99. The van der Waals surface area contributed by atoms with Crippen molar-refractivity contribution in [2.45, 2.75) is 20.8 Å². The van der Waals surface area contributed by atoms with Gasteiger partial charge in [-0.15, -0.1) is 0 Å². The molecule has 0 aliphatic heterocycles. The molecule has 1 aromatic rings. The van der Waals surface area contributed by atoms with Crippen LogP contribution in [0, 0.1) is 6.92 Å². The van der Waals surface area contributed by atoms with Crippen molar-refractivity contribution in [1.29, 1.82) is 0 Å². The van der Waals surface area contributed by atoms with Crippen molar-refractivity contribution in [3.8, 4) is 5.75 Å². The Morgan fingerprint density at radius 1 is 1.50 bits per heavy atom. The summed E-state index contributed by atoms with van der Waals surface area (Å²) in [5.74, 6) is 0.707. The van der Waals surface area contributed by atoms with Crippen LogP contribution in [0.25, 0.3) is 0 Å². The normalized spacial score (nSPS) is 10.4. The van der Waals surface area contributed by atoms with Gasteiger partial charge in [0, 0.05) is 5.69 Å². The predicted octanol–water partition coefficient (Wildman–Crippen LogP) is 2.91. The van der Waals surface area contributed by atoms with Gasteiger partial charge in [0.2, 0.25) is 5.91 Å². The Morgan fingerprint density at radius 2 is 2.25 bits per heavy atom. The van der Waals surface area contributed by atoms with E-state index < -0.39 is 0 Å². The quantitative estimate of drug-likeness (QED) is 0.791. The largest absolute Gasteiger partial charge is 0.494 e. The van der Waals surface area contributed by atoms with Crippen LogP contribution >= 0.6 is 0 Å². The molecule has 0 aromatic heterocycles. The van der Waals surface area contributed by atoms with E-state index in [2.05, 4.69) is 5.32 Å². The molecule has 0 saturated heterocycles. The molecule has 3 heteroatoms. The summed E-state index contributed by atoms with van der Waals surface area (Å²) in [7, 11) is 0. The summed E-state index contributed by atoms with van der Waals surface area (Å²) in [5.41, 5.74) is 1.80. The molecule has 1 amide bonds. The summed E-state index contributed by atoms with van der Waals surface area (Å²) in [6, 6.07) is 5.61. The van der Waals surface area contributed by atoms with E-state index in [1.807, 2.05) is 39.0 Å². The third-order valence-electron chi connectivity index (χ3n) is 2.08. The Morgan fingerprint density at radius 3 is 2.81 bits per heavy atom. The highest BCUT2D eigenvalue weighted by Crippen LogP contribution is 2.21. The smallest absolute Gasteiger partial charge is 0.248 e. The second kappa shape index (κ2) is 5.95. The zero-order valence-corrected chi connectivity index (χ0v) is 9.91. The summed E-state index contributed by atoms with van der Waals surface area (Å²) in [6.45, 7) is 6.33. The van der Waals surface area contributed by atoms with E-state index in [0.717, 1.165) is 17.0 Å². The number of amides is 1. The molecule has 0 aliphatic carbocycles. The molecular weight excluding hydrogens is 202 g/mol. The minimum Gasteiger partial charge on any atom is -0.494 e. The molecule has 86 valence electrons. The lowest BCUT2D eigenvalue weighted by Crippen LogP contribution is -2.08. The molecule has 0 spiro atoms. The van der Waals surface area contributed by atoms with Crippen molar-refractivity contribution in [3.05, 3.63) is 35.9 Å². The van der Waals surface area contributed by atoms with E-state index in [0.29, 0.717) is 6.61 Å². The lowest BCUT2D eigenvalue weighted by molar-refractivity contribution is -0.111. The second-order valence-corrected chi connectivity index (χ2v) is 3.40. The Bertz CT molecular complexity index is 397. The Kier molecular flexibility index (Phi) is 4.58. The van der Waals surface area contributed by atoms with Crippen LogP contribution in [0.15, 0.2) is 30.4 Å². The average molecular weight is 219 g/mol. The van der Waals surface area contributed by atoms with Gasteiger partial charge in [-0.2, -0.15) is 0 Å². The molecule has 3 nitrogen and oxygen atoms in total. The molecule has 0 unspecified atom stereocenters. The fourth-order valence-corrected chi connectivity index (χ4v) is 1.36. The van der Waals surface area contributed by atoms with Gasteiger partial charge in [0.15, 0.2) is 0 Å². The fraction of sp³-hybridized carbons (Fsp3) is 0.308. The summed E-state index contributed by atoms with van der Waals surface area (Å²) in [4.78, 5) is 11.3. The number of ether oxygens (including phenoxy) is 1. The number of anilines is 1. The molecule has 1 aromatic carbocycles. The maximum absolute atomic E-state index is 11.3. The summed E-state index contributed by atoms with van der Waals surface area (Å²) >= 11 is 0. The standard InChI is InChI=1S/C13H17NO2/c1-4-6-13(15)14-12-8-7-11(16-5-2)9-10(12)3/h4,6-9H,5H2,1-3H3,(H,14,15). The van der Waals surface area contributed by atoms with Crippen LogP contribution in [0.3, 0.4) is 0 Å². The van der Waals surface area contributed by atoms with Gasteiger partial charge in [0.25, 0.3) is 0 Å². The third-order valence-corrected chi connectivity index (χ3v) is 2.08. The van der Waals surface area contributed by atoms with Crippen molar-refractivity contribution in [2.75, 3.05) is 11.9 Å². The molecule has 0 fully saturated rings. The maximum atomic E-state index is 11.3. The highest BCUT2D eigenvalue weighted by atomic mass is 16.5. The minimum atomic E-state index is -0.116. The number of rotatable bonds is 4. The Balaban J connectivity index is 2.78. The van der Waals surface area contributed by atoms with Gasteiger partial charge in [-0.05, 0) is 50.6 Å². The van der Waals surface area contributed by atoms with Crippen LogP contribution < -0.4 is 10.1 Å². The molecule has 1 rings (SSSR count). The van der Waals surface area contributed by atoms with E-state index in [4.69, 9.17) is 4.74 Å². The summed E-state index contributed by atoms with van der Waals surface area (Å²) < 4.78 is 5.37. The number of nitrogens with one attached hydrogen (secondary N) is 1. The van der Waals surface area contributed by atoms with Crippen molar-refractivity contribution in [1.82, 2.24) is 0 Å². The van der Waals surface area contributed by atoms with Gasteiger partial charge in [-0.3, -0.25) is 4.79 Å². The van der Waals surface area contributed by atoms with Crippen LogP contribution in [-0.4, -0.2) is 12.5 Å². The first-order valence-electron chi connectivity index (χ1n) is 5.34. The molecule has 1 N–H and O–H groups in total. The van der Waals surface area contributed by atoms with Gasteiger partial charge in [-0.1, -0.05) is 6.08 Å². The molecule has 0 aliphatic rings. The number of carbonyl (C=O) groups excluding carboxylic acids is 1. The van der Waals surface area contributed by atoms with E-state index >= 15 is 0 Å². The van der Waals surface area contributed by atoms with E-state index in [-0.39, 0.29) is 5.91 Å². The maximum Gasteiger partial charge on any atom is 0.248 e. The van der Waals surface area contributed by atoms with E-state index in [1.165, 1.54) is 6.08 Å². The number of benzene rings is 1. The number of hydrogen-bond donors (Lipinski definition) is 1. The number of carbonyl (C=O) groups is 1. The van der Waals surface area contributed by atoms with Gasteiger partial charge in [0.05, 0.1) is 6.61 Å². The molecular formula is C13H17NO2. The second-order valence-electron chi connectivity index (χ2n) is 3.40. The first kappa shape index (κ1) is 12.3. The molecule has 16 heavy (non-hydrogen) atoms. The van der Waals surface area contributed by atoms with E-state index in [1.54, 1.807) is 6.08 Å². The lowest BCUT2D eigenvalue weighted by atomic mass is 10.2. The van der Waals surface area contributed by atoms with E-state index in [9.17, 15) is 4.79 Å². The zero-order valence-electron chi connectivity index (χ0n) is 9.91. The van der Waals surface area contributed by atoms with Crippen LogP contribution in [0.4, 0.5) is 5.69 Å². The number of aryl methyl sites for hydroxylation is 1. The SMILES string of the molecule is CC=CC(=O)Nc1ccc(OCC)cc1C. The molecule has 0 bridgehead atoms. The van der Waals surface area contributed by atoms with Crippen molar-refractivity contribution in [3.63, 3.8) is 0 Å². The summed E-state index contributed by atoms with van der Waals surface area (Å²) in [6.07, 6.45) is 3.20. The molecule has 0 saturated carbocycles. The third kappa shape index (κ3) is 3.42. The van der Waals surface area contributed by atoms with Crippen LogP contribution in [0.2, 0.25) is 0 Å². The number of hydrogen-bond acceptors (Lipinski definition) is 2. The highest BCUT2D eigenvalue weighted by Gasteiger charge is 2.02. The first-order chi connectivity index (χ1) is 7.67. The van der Waals surface area contributed by atoms with Crippen molar-refractivity contribution in [2.24, 2.45) is 0 Å². The van der Waals surface area contributed by atoms with Crippen molar-refractivity contribution >= 4 is 11.6 Å². The molecule has 0 atom stereocenters. The van der Waals surface area contributed by atoms with Gasteiger partial charge < -0.3 is 10.1 Å². The number of allylic oxidation sites excluding steroid dienone is 1. The first-order valence-corrected chi connectivity index (χ1v) is 5.34. The van der Waals surface area contributed by atoms with Gasteiger partial charge in [-0.25, -0.2) is 0 Å². The Hall–Kier alpha value is -1.77. The van der Waals surface area contributed by atoms with Gasteiger partial charge >= 0.3 is 0 Å². The zero-order chi connectivity index (χ0) is 12.0.